The molecule has 0 radical (unpaired) electrons. The highest BCUT2D eigenvalue weighted by atomic mass is 32.2. The average Bonchev–Trinajstić information content (AvgIpc) is 2.36. The average molecular weight is 270 g/mol. The normalized spacial score (nSPS) is 11.5. The van der Waals surface area contributed by atoms with Gasteiger partial charge in [-0.25, -0.2) is 8.42 Å². The first kappa shape index (κ1) is 15.0. The Hall–Kier alpha value is -1.07. The maximum Gasteiger partial charge on any atom is 0.152 e. The molecule has 0 aliphatic heterocycles. The van der Waals surface area contributed by atoms with Gasteiger partial charge in [0, 0.05) is 31.6 Å². The van der Waals surface area contributed by atoms with Crippen LogP contribution in [0.1, 0.15) is 18.9 Å². The van der Waals surface area contributed by atoms with Crippen LogP contribution in [0, 0.1) is 0 Å². The predicted molar refractivity (Wildman–Crippen MR) is 76.5 cm³/mol. The molecule has 0 amide bonds. The maximum absolute atomic E-state index is 11.6. The lowest BCUT2D eigenvalue weighted by molar-refractivity contribution is 0.594. The fraction of sp³-hybridized carbons (Fsp3) is 0.538. The highest BCUT2D eigenvalue weighted by molar-refractivity contribution is 7.91. The Balaban J connectivity index is 2.62. The molecule has 5 heteroatoms. The van der Waals surface area contributed by atoms with Crippen LogP contribution in [-0.2, 0) is 16.4 Å². The molecule has 0 aliphatic carbocycles. The molecule has 1 aromatic rings. The summed E-state index contributed by atoms with van der Waals surface area (Å²) in [7, 11) is -1.02. The molecule has 102 valence electrons. The second kappa shape index (κ2) is 6.75. The van der Waals surface area contributed by atoms with E-state index in [1.165, 1.54) is 0 Å². The lowest BCUT2D eigenvalue weighted by Gasteiger charge is -2.19. The molecule has 18 heavy (non-hydrogen) atoms. The summed E-state index contributed by atoms with van der Waals surface area (Å²) in [5.41, 5.74) is 7.64. The van der Waals surface area contributed by atoms with Gasteiger partial charge in [0.1, 0.15) is 0 Å². The minimum absolute atomic E-state index is 0.199. The Morgan fingerprint density at radius 2 is 2.00 bits per heavy atom. The summed E-state index contributed by atoms with van der Waals surface area (Å²) in [6.45, 7) is 2.89. The van der Waals surface area contributed by atoms with Gasteiger partial charge in [0.2, 0.25) is 0 Å². The van der Waals surface area contributed by atoms with Crippen LogP contribution in [-0.4, -0.2) is 33.5 Å². The van der Waals surface area contributed by atoms with E-state index >= 15 is 0 Å². The lowest BCUT2D eigenvalue weighted by Crippen LogP contribution is -2.26. The van der Waals surface area contributed by atoms with Gasteiger partial charge >= 0.3 is 0 Å². The van der Waals surface area contributed by atoms with Crippen LogP contribution >= 0.6 is 0 Å². The van der Waals surface area contributed by atoms with Gasteiger partial charge in [-0.05, 0) is 24.1 Å². The molecule has 1 aromatic carbocycles. The van der Waals surface area contributed by atoms with Gasteiger partial charge in [-0.15, -0.1) is 0 Å². The van der Waals surface area contributed by atoms with E-state index in [4.69, 9.17) is 5.73 Å². The molecule has 0 fully saturated rings. The Morgan fingerprint density at radius 1 is 1.28 bits per heavy atom. The molecule has 0 aliphatic rings. The summed E-state index contributed by atoms with van der Waals surface area (Å²) < 4.78 is 23.3. The Kier molecular flexibility index (Phi) is 5.62. The fourth-order valence-corrected chi connectivity index (χ4v) is 3.12. The Bertz CT molecular complexity index is 472. The minimum Gasteiger partial charge on any atom is -0.374 e. The van der Waals surface area contributed by atoms with Crippen molar-refractivity contribution in [3.05, 3.63) is 29.8 Å². The zero-order valence-electron chi connectivity index (χ0n) is 11.1. The quantitative estimate of drug-likeness (QED) is 0.813. The summed E-state index contributed by atoms with van der Waals surface area (Å²) >= 11 is 0. The Labute approximate surface area is 110 Å². The first-order valence-corrected chi connectivity index (χ1v) is 8.01. The third-order valence-corrected chi connectivity index (χ3v) is 4.67. The largest absolute Gasteiger partial charge is 0.374 e. The summed E-state index contributed by atoms with van der Waals surface area (Å²) in [5.74, 6) is 0.466. The van der Waals surface area contributed by atoms with Crippen molar-refractivity contribution >= 4 is 15.5 Å². The zero-order chi connectivity index (χ0) is 13.6. The highest BCUT2D eigenvalue weighted by Gasteiger charge is 2.11. The molecule has 0 saturated carbocycles. The molecular weight excluding hydrogens is 248 g/mol. The molecule has 2 N–H and O–H groups in total. The zero-order valence-corrected chi connectivity index (χ0v) is 11.9. The molecule has 0 saturated heterocycles. The van der Waals surface area contributed by atoms with E-state index < -0.39 is 9.84 Å². The van der Waals surface area contributed by atoms with E-state index in [2.05, 4.69) is 0 Å². The van der Waals surface area contributed by atoms with Crippen LogP contribution < -0.4 is 10.6 Å². The smallest absolute Gasteiger partial charge is 0.152 e. The van der Waals surface area contributed by atoms with Crippen molar-refractivity contribution in [3.8, 4) is 0 Å². The number of benzene rings is 1. The maximum atomic E-state index is 11.6. The van der Waals surface area contributed by atoms with Gasteiger partial charge in [-0.1, -0.05) is 19.1 Å². The molecule has 0 bridgehead atoms. The second-order valence-electron chi connectivity index (χ2n) is 4.45. The minimum atomic E-state index is -2.92. The van der Waals surface area contributed by atoms with E-state index in [9.17, 15) is 8.42 Å². The number of anilines is 1. The third kappa shape index (κ3) is 4.66. The van der Waals surface area contributed by atoms with Gasteiger partial charge in [0.25, 0.3) is 0 Å². The van der Waals surface area contributed by atoms with Crippen LogP contribution in [0.4, 0.5) is 5.69 Å². The van der Waals surface area contributed by atoms with E-state index in [1.807, 2.05) is 43.1 Å². The van der Waals surface area contributed by atoms with Crippen LogP contribution in [0.5, 0.6) is 0 Å². The number of nitrogens with zero attached hydrogens (tertiary/aromatic N) is 1. The summed E-state index contributed by atoms with van der Waals surface area (Å²) in [4.78, 5) is 1.95. The number of rotatable bonds is 7. The van der Waals surface area contributed by atoms with Gasteiger partial charge in [-0.2, -0.15) is 0 Å². The number of nitrogens with two attached hydrogens (primary N) is 1. The van der Waals surface area contributed by atoms with Crippen molar-refractivity contribution in [1.82, 2.24) is 0 Å². The van der Waals surface area contributed by atoms with Crippen LogP contribution in [0.25, 0.3) is 0 Å². The topological polar surface area (TPSA) is 63.4 Å². The third-order valence-electron chi connectivity index (χ3n) is 2.84. The summed E-state index contributed by atoms with van der Waals surface area (Å²) in [5, 5.41) is 0. The van der Waals surface area contributed by atoms with Crippen molar-refractivity contribution < 1.29 is 8.42 Å². The summed E-state index contributed by atoms with van der Waals surface area (Å²) in [6.07, 6.45) is 0.675. The fourth-order valence-electron chi connectivity index (χ4n) is 1.74. The highest BCUT2D eigenvalue weighted by Crippen LogP contribution is 2.14. The molecule has 1 rings (SSSR count). The first-order chi connectivity index (χ1) is 8.48. The van der Waals surface area contributed by atoms with Crippen molar-refractivity contribution in [2.45, 2.75) is 19.9 Å². The SMILES string of the molecule is CCCS(=O)(=O)CCN(C)c1cccc(CN)c1. The number of hydrogen-bond donors (Lipinski definition) is 1. The molecular formula is C13H22N2O2S. The van der Waals surface area contributed by atoms with Gasteiger partial charge in [0.15, 0.2) is 9.84 Å². The summed E-state index contributed by atoms with van der Waals surface area (Å²) in [6, 6.07) is 7.86. The number of sulfone groups is 1. The van der Waals surface area contributed by atoms with Crippen LogP contribution in [0.2, 0.25) is 0 Å². The Morgan fingerprint density at radius 3 is 2.61 bits per heavy atom. The monoisotopic (exact) mass is 270 g/mol. The van der Waals surface area contributed by atoms with Crippen molar-refractivity contribution in [2.24, 2.45) is 5.73 Å². The van der Waals surface area contributed by atoms with Crippen LogP contribution in [0.3, 0.4) is 0 Å². The molecule has 0 atom stereocenters. The predicted octanol–water partition coefficient (Wildman–Crippen LogP) is 1.41. The molecule has 0 spiro atoms. The number of hydrogen-bond acceptors (Lipinski definition) is 4. The van der Waals surface area contributed by atoms with E-state index in [-0.39, 0.29) is 11.5 Å². The lowest BCUT2D eigenvalue weighted by atomic mass is 10.2. The van der Waals surface area contributed by atoms with Crippen molar-refractivity contribution in [1.29, 1.82) is 0 Å². The van der Waals surface area contributed by atoms with Gasteiger partial charge in [-0.3, -0.25) is 0 Å². The van der Waals surface area contributed by atoms with Crippen molar-refractivity contribution in [2.75, 3.05) is 30.0 Å². The first-order valence-electron chi connectivity index (χ1n) is 6.19. The van der Waals surface area contributed by atoms with E-state index in [0.717, 1.165) is 11.3 Å². The second-order valence-corrected chi connectivity index (χ2v) is 6.75. The van der Waals surface area contributed by atoms with Crippen molar-refractivity contribution in [3.63, 3.8) is 0 Å². The van der Waals surface area contributed by atoms with Gasteiger partial charge in [0.05, 0.1) is 5.75 Å². The molecule has 0 unspecified atom stereocenters. The molecule has 4 nitrogen and oxygen atoms in total. The standard InChI is InChI=1S/C13H22N2O2S/c1-3-8-18(16,17)9-7-15(2)13-6-4-5-12(10-13)11-14/h4-6,10H,3,7-9,11,14H2,1-2H3. The molecule has 0 aromatic heterocycles. The molecule has 0 heterocycles. The van der Waals surface area contributed by atoms with Gasteiger partial charge < -0.3 is 10.6 Å². The van der Waals surface area contributed by atoms with E-state index in [0.29, 0.717) is 19.5 Å². The van der Waals surface area contributed by atoms with Crippen LogP contribution in [0.15, 0.2) is 24.3 Å². The van der Waals surface area contributed by atoms with E-state index in [1.54, 1.807) is 0 Å².